The number of anilines is 1. The Bertz CT molecular complexity index is 2210. The number of fused-ring (bicyclic) bond motifs is 2. The number of pyridine rings is 1. The molecule has 2 N–H and O–H groups in total. The summed E-state index contributed by atoms with van der Waals surface area (Å²) in [7, 11) is 2.08. The third-order valence-electron chi connectivity index (χ3n) is 8.84. The maximum atomic E-state index is 14.0. The van der Waals surface area contributed by atoms with E-state index in [0.29, 0.717) is 39.5 Å². The van der Waals surface area contributed by atoms with Crippen molar-refractivity contribution >= 4 is 51.2 Å². The maximum absolute atomic E-state index is 14.0. The number of rotatable bonds is 8. The van der Waals surface area contributed by atoms with Crippen LogP contribution in [0.4, 0.5) is 14.5 Å². The second kappa shape index (κ2) is 16.9. The molecule has 0 atom stereocenters. The van der Waals surface area contributed by atoms with Gasteiger partial charge in [0.2, 0.25) is 12.3 Å². The number of carbonyl (C=O) groups is 1. The monoisotopic (exact) mass is 727 g/mol. The van der Waals surface area contributed by atoms with Crippen LogP contribution in [-0.4, -0.2) is 62.3 Å². The van der Waals surface area contributed by atoms with E-state index in [0.717, 1.165) is 67.5 Å². The molecule has 3 aromatic heterocycles. The number of nitrogens with zero attached hydrogens (tertiary/aromatic N) is 5. The smallest absolute Gasteiger partial charge is 0.214 e. The number of hydrogen-bond acceptors (Lipinski definition) is 7. The molecule has 270 valence electrons. The quantitative estimate of drug-likeness (QED) is 0.153. The fraction of sp³-hybridized carbons (Fsp3) is 0.282. The van der Waals surface area contributed by atoms with Gasteiger partial charge in [0.05, 0.1) is 23.3 Å². The molecule has 0 saturated carbocycles. The molecule has 0 aliphatic carbocycles. The summed E-state index contributed by atoms with van der Waals surface area (Å²) >= 11 is 5.82. The van der Waals surface area contributed by atoms with Gasteiger partial charge in [-0.3, -0.25) is 14.8 Å². The van der Waals surface area contributed by atoms with Crippen LogP contribution >= 0.6 is 11.6 Å². The van der Waals surface area contributed by atoms with Crippen molar-refractivity contribution < 1.29 is 23.0 Å². The molecule has 5 heterocycles. The average molecular weight is 728 g/mol. The van der Waals surface area contributed by atoms with E-state index in [-0.39, 0.29) is 12.4 Å². The molecule has 1 amide bonds. The van der Waals surface area contributed by atoms with Gasteiger partial charge in [-0.15, -0.1) is 0 Å². The maximum Gasteiger partial charge on any atom is 0.214 e. The number of aromatic amines is 1. The van der Waals surface area contributed by atoms with E-state index in [9.17, 15) is 13.6 Å². The number of ether oxygens (including phenoxy) is 2. The van der Waals surface area contributed by atoms with Gasteiger partial charge >= 0.3 is 0 Å². The summed E-state index contributed by atoms with van der Waals surface area (Å²) in [6, 6.07) is 19.6. The molecule has 13 heteroatoms. The first kappa shape index (κ1) is 36.6. The van der Waals surface area contributed by atoms with E-state index in [4.69, 9.17) is 26.1 Å². The standard InChI is InChI=1S/C27H26ClFN4O.C9H8FN3O.C3H6O/c1-18-6-9-25-24(14-18)30-26(32(25)2)16-33-12-10-19(11-13-33)23-4-3-5-27(31-23)34-17-20-7-8-21(28)15-22(20)29;1-5-7-2-6(11-4-14)3-8(10)9(7)13-12-5;1-2-4-3-1/h3-10,14-15H,11-13,16-17H2,1-2H3;2-4H,1H3,(H,11,14)(H,12,13);1-3H2. The lowest BCUT2D eigenvalue weighted by atomic mass is 10.0. The minimum atomic E-state index is -0.448. The molecular weight excluding hydrogens is 688 g/mol. The van der Waals surface area contributed by atoms with Crippen LogP contribution in [-0.2, 0) is 29.7 Å². The predicted molar refractivity (Wildman–Crippen MR) is 199 cm³/mol. The lowest BCUT2D eigenvalue weighted by Gasteiger charge is -2.25. The number of H-pyrrole nitrogens is 1. The van der Waals surface area contributed by atoms with E-state index in [1.807, 2.05) is 12.1 Å². The highest BCUT2D eigenvalue weighted by Gasteiger charge is 2.18. The van der Waals surface area contributed by atoms with Crippen molar-refractivity contribution in [1.82, 2.24) is 29.6 Å². The summed E-state index contributed by atoms with van der Waals surface area (Å²) < 4.78 is 40.0. The van der Waals surface area contributed by atoms with Gasteiger partial charge in [-0.25, -0.2) is 18.7 Å². The Labute approximate surface area is 305 Å². The normalized spacial score (nSPS) is 14.1. The number of hydrogen-bond donors (Lipinski definition) is 2. The predicted octanol–water partition coefficient (Wildman–Crippen LogP) is 7.92. The lowest BCUT2D eigenvalue weighted by molar-refractivity contribution is -0.105. The van der Waals surface area contributed by atoms with Gasteiger partial charge in [-0.2, -0.15) is 5.10 Å². The Kier molecular flexibility index (Phi) is 11.9. The molecule has 0 bridgehead atoms. The summed E-state index contributed by atoms with van der Waals surface area (Å²) in [6.45, 7) is 8.55. The molecule has 0 spiro atoms. The number of nitrogens with one attached hydrogen (secondary N) is 2. The Morgan fingerprint density at radius 1 is 1.04 bits per heavy atom. The molecule has 1 saturated heterocycles. The molecule has 3 aromatic carbocycles. The van der Waals surface area contributed by atoms with Gasteiger partial charge < -0.3 is 19.4 Å². The van der Waals surface area contributed by atoms with Crippen LogP contribution in [0.2, 0.25) is 5.02 Å². The lowest BCUT2D eigenvalue weighted by Crippen LogP contribution is -2.29. The van der Waals surface area contributed by atoms with Crippen LogP contribution in [0.1, 0.15) is 41.2 Å². The second-order valence-corrected chi connectivity index (χ2v) is 13.0. The van der Waals surface area contributed by atoms with Crippen molar-refractivity contribution in [3.05, 3.63) is 118 Å². The molecule has 52 heavy (non-hydrogen) atoms. The minimum Gasteiger partial charge on any atom is -0.473 e. The van der Waals surface area contributed by atoms with Crippen LogP contribution in [0.3, 0.4) is 0 Å². The van der Waals surface area contributed by atoms with Gasteiger partial charge in [-0.1, -0.05) is 35.9 Å². The molecule has 1 fully saturated rings. The summed E-state index contributed by atoms with van der Waals surface area (Å²) in [4.78, 5) is 22.1. The first-order valence-electron chi connectivity index (χ1n) is 17.0. The molecule has 10 nitrogen and oxygen atoms in total. The average Bonchev–Trinajstić information content (AvgIpc) is 3.62. The van der Waals surface area contributed by atoms with E-state index in [1.54, 1.807) is 31.2 Å². The van der Waals surface area contributed by atoms with E-state index in [1.165, 1.54) is 29.7 Å². The van der Waals surface area contributed by atoms with Crippen molar-refractivity contribution in [3.8, 4) is 5.88 Å². The third-order valence-corrected chi connectivity index (χ3v) is 9.07. The number of aryl methyl sites for hydroxylation is 3. The summed E-state index contributed by atoms with van der Waals surface area (Å²) in [5.41, 5.74) is 7.45. The molecule has 2 aliphatic rings. The highest BCUT2D eigenvalue weighted by atomic mass is 35.5. The van der Waals surface area contributed by atoms with Gasteiger partial charge in [0.1, 0.15) is 23.8 Å². The van der Waals surface area contributed by atoms with Crippen molar-refractivity contribution in [2.45, 2.75) is 39.8 Å². The van der Waals surface area contributed by atoms with E-state index >= 15 is 0 Å². The Morgan fingerprint density at radius 3 is 2.56 bits per heavy atom. The van der Waals surface area contributed by atoms with Crippen molar-refractivity contribution in [2.24, 2.45) is 7.05 Å². The Hall–Kier alpha value is -5.17. The second-order valence-electron chi connectivity index (χ2n) is 12.6. The van der Waals surface area contributed by atoms with Crippen LogP contribution in [0.5, 0.6) is 5.88 Å². The largest absolute Gasteiger partial charge is 0.473 e. The summed E-state index contributed by atoms with van der Waals surface area (Å²) in [5, 5.41) is 9.92. The molecule has 2 aliphatic heterocycles. The first-order chi connectivity index (χ1) is 25.2. The van der Waals surface area contributed by atoms with Crippen LogP contribution in [0, 0.1) is 25.5 Å². The molecule has 6 aromatic rings. The topological polar surface area (TPSA) is 110 Å². The SMILES string of the molecule is C1COC1.Cc1[nH]nc2c(F)cc(NC=O)cc12.Cc1ccc2c(c1)nc(CN1CC=C(c3cccc(OCc4ccc(Cl)cc4F)n3)CC1)n2C. The van der Waals surface area contributed by atoms with E-state index < -0.39 is 5.82 Å². The van der Waals surface area contributed by atoms with Gasteiger partial charge in [0.15, 0.2) is 5.82 Å². The van der Waals surface area contributed by atoms with Gasteiger partial charge in [0.25, 0.3) is 0 Å². The summed E-state index contributed by atoms with van der Waals surface area (Å²) in [5.74, 6) is 0.719. The van der Waals surface area contributed by atoms with Crippen LogP contribution < -0.4 is 10.1 Å². The zero-order valence-corrected chi connectivity index (χ0v) is 30.0. The fourth-order valence-corrected chi connectivity index (χ4v) is 5.91. The Balaban J connectivity index is 0.000000211. The number of carbonyl (C=O) groups excluding carboxylic acids is 1. The van der Waals surface area contributed by atoms with Gasteiger partial charge in [0, 0.05) is 66.8 Å². The number of amides is 1. The number of benzene rings is 3. The highest BCUT2D eigenvalue weighted by molar-refractivity contribution is 6.30. The minimum absolute atomic E-state index is 0.101. The van der Waals surface area contributed by atoms with Crippen LogP contribution in [0.15, 0.2) is 72.8 Å². The van der Waals surface area contributed by atoms with Crippen molar-refractivity contribution in [2.75, 3.05) is 31.6 Å². The van der Waals surface area contributed by atoms with Gasteiger partial charge in [-0.05, 0) is 80.3 Å². The third kappa shape index (κ3) is 9.00. The fourth-order valence-electron chi connectivity index (χ4n) is 5.75. The highest BCUT2D eigenvalue weighted by Crippen LogP contribution is 2.26. The van der Waals surface area contributed by atoms with Crippen LogP contribution in [0.25, 0.3) is 27.5 Å². The zero-order valence-electron chi connectivity index (χ0n) is 29.3. The van der Waals surface area contributed by atoms with E-state index in [2.05, 4.69) is 68.2 Å². The number of aromatic nitrogens is 5. The van der Waals surface area contributed by atoms with Crippen molar-refractivity contribution in [1.29, 1.82) is 0 Å². The molecule has 0 unspecified atom stereocenters. The number of imidazole rings is 1. The molecule has 8 rings (SSSR count). The first-order valence-corrected chi connectivity index (χ1v) is 17.4. The summed E-state index contributed by atoms with van der Waals surface area (Å²) in [6.07, 6.45) is 4.91. The zero-order chi connectivity index (χ0) is 36.6. The number of halogens is 3. The molecular formula is C39H40ClF2N7O3. The van der Waals surface area contributed by atoms with Crippen molar-refractivity contribution in [3.63, 3.8) is 0 Å². The molecule has 0 radical (unpaired) electrons. The Morgan fingerprint density at radius 2 is 1.85 bits per heavy atom.